The SMILES string of the molecule is C[C@H](Oc1cc(Cl)nc(/C(=N\O)C2CCCC3(CCc4cc(F)c(N(C(=O)OC(C)(C)C)C(=O)OC(C)(C)C)c(C#N)c43)C2=O)n1)[C@@H]1CCCN1C. The third-order valence-electron chi connectivity index (χ3n) is 9.77. The van der Waals surface area contributed by atoms with E-state index in [0.717, 1.165) is 25.5 Å². The number of oxime groups is 1. The fourth-order valence-corrected chi connectivity index (χ4v) is 7.88. The van der Waals surface area contributed by atoms with Crippen LogP contribution >= 0.6 is 11.6 Å². The normalized spacial score (nSPS) is 22.9. The van der Waals surface area contributed by atoms with Crippen molar-refractivity contribution in [3.63, 3.8) is 0 Å². The van der Waals surface area contributed by atoms with E-state index in [1.54, 1.807) is 41.5 Å². The average Bonchev–Trinajstić information content (AvgIpc) is 3.61. The summed E-state index contributed by atoms with van der Waals surface area (Å²) in [4.78, 5) is 53.3. The number of likely N-dealkylation sites (tertiary alicyclic amines) is 1. The number of ketones is 1. The molecule has 1 N–H and O–H groups in total. The second-order valence-corrected chi connectivity index (χ2v) is 16.2. The molecule has 2 fully saturated rings. The van der Waals surface area contributed by atoms with Crippen LogP contribution in [-0.2, 0) is 26.1 Å². The van der Waals surface area contributed by atoms with E-state index in [1.165, 1.54) is 6.07 Å². The summed E-state index contributed by atoms with van der Waals surface area (Å²) in [6.45, 7) is 12.3. The zero-order chi connectivity index (χ0) is 38.3. The van der Waals surface area contributed by atoms with Crippen LogP contribution in [0, 0.1) is 23.1 Å². The minimum Gasteiger partial charge on any atom is -0.473 e. The van der Waals surface area contributed by atoms with E-state index in [2.05, 4.69) is 20.0 Å². The lowest BCUT2D eigenvalue weighted by atomic mass is 9.63. The highest BCUT2D eigenvalue weighted by Gasteiger charge is 2.54. The second-order valence-electron chi connectivity index (χ2n) is 15.8. The molecular weight excluding hydrogens is 695 g/mol. The zero-order valence-electron chi connectivity index (χ0n) is 30.9. The molecule has 2 amide bonds. The second kappa shape index (κ2) is 14.6. The number of fused-ring (bicyclic) bond motifs is 2. The van der Waals surface area contributed by atoms with Gasteiger partial charge in [0.05, 0.1) is 16.9 Å². The van der Waals surface area contributed by atoms with E-state index in [-0.39, 0.29) is 71.5 Å². The summed E-state index contributed by atoms with van der Waals surface area (Å²) < 4.78 is 33.3. The van der Waals surface area contributed by atoms with E-state index >= 15 is 4.39 Å². The Morgan fingerprint density at radius 1 is 1.12 bits per heavy atom. The van der Waals surface area contributed by atoms with Gasteiger partial charge in [-0.15, -0.1) is 0 Å². The number of halogens is 2. The quantitative estimate of drug-likeness (QED) is 0.139. The predicted molar refractivity (Wildman–Crippen MR) is 190 cm³/mol. The summed E-state index contributed by atoms with van der Waals surface area (Å²) >= 11 is 6.40. The van der Waals surface area contributed by atoms with Crippen molar-refractivity contribution in [2.45, 2.75) is 122 Å². The van der Waals surface area contributed by atoms with Gasteiger partial charge in [-0.2, -0.15) is 15.1 Å². The van der Waals surface area contributed by atoms with Crippen molar-refractivity contribution in [1.82, 2.24) is 14.9 Å². The minimum absolute atomic E-state index is 0.0218. The van der Waals surface area contributed by atoms with E-state index in [9.17, 15) is 24.9 Å². The first kappa shape index (κ1) is 38.9. The molecule has 1 aromatic carbocycles. The number of hydrogen-bond donors (Lipinski definition) is 1. The number of amides is 2. The highest BCUT2D eigenvalue weighted by Crippen LogP contribution is 2.52. The Morgan fingerprint density at radius 3 is 2.33 bits per heavy atom. The maximum absolute atomic E-state index is 16.2. The largest absolute Gasteiger partial charge is 0.473 e. The molecule has 2 aromatic rings. The molecule has 0 bridgehead atoms. The van der Waals surface area contributed by atoms with Crippen LogP contribution in [0.5, 0.6) is 5.88 Å². The molecule has 1 aliphatic heterocycles. The number of likely N-dealkylation sites (N-methyl/N-ethyl adjacent to an activating group) is 1. The van der Waals surface area contributed by atoms with E-state index < -0.39 is 52.0 Å². The number of ether oxygens (including phenoxy) is 3. The Labute approximate surface area is 308 Å². The van der Waals surface area contributed by atoms with Crippen LogP contribution in [0.3, 0.4) is 0 Å². The molecule has 2 heterocycles. The number of carbonyl (C=O) groups excluding carboxylic acids is 3. The van der Waals surface area contributed by atoms with Crippen molar-refractivity contribution in [3.05, 3.63) is 45.6 Å². The molecule has 1 spiro atoms. The van der Waals surface area contributed by atoms with Crippen molar-refractivity contribution in [1.29, 1.82) is 5.26 Å². The molecule has 1 saturated heterocycles. The van der Waals surface area contributed by atoms with Crippen LogP contribution in [-0.4, -0.2) is 80.7 Å². The number of rotatable bonds is 6. The van der Waals surface area contributed by atoms with Gasteiger partial charge in [-0.3, -0.25) is 9.69 Å². The first-order chi connectivity index (χ1) is 24.3. The molecule has 13 nitrogen and oxygen atoms in total. The van der Waals surface area contributed by atoms with Gasteiger partial charge in [0, 0.05) is 12.1 Å². The van der Waals surface area contributed by atoms with Crippen LogP contribution in [0.1, 0.15) is 110 Å². The van der Waals surface area contributed by atoms with Crippen LogP contribution in [0.2, 0.25) is 5.15 Å². The lowest BCUT2D eigenvalue weighted by molar-refractivity contribution is -0.129. The molecule has 2 aliphatic carbocycles. The molecular formula is C37H46ClFN6O7. The van der Waals surface area contributed by atoms with E-state index in [0.29, 0.717) is 16.9 Å². The summed E-state index contributed by atoms with van der Waals surface area (Å²) in [6.07, 6.45) is 0.700. The number of benzene rings is 1. The number of nitrogens with zero attached hydrogens (tertiary/aromatic N) is 6. The zero-order valence-corrected chi connectivity index (χ0v) is 31.6. The number of Topliss-reactive ketones (excluding diaryl/α,β-unsaturated/α-hetero) is 1. The summed E-state index contributed by atoms with van der Waals surface area (Å²) in [5, 5.41) is 24.5. The molecule has 280 valence electrons. The lowest BCUT2D eigenvalue weighted by Gasteiger charge is -2.38. The van der Waals surface area contributed by atoms with Crippen LogP contribution in [0.15, 0.2) is 17.3 Å². The van der Waals surface area contributed by atoms with Crippen LogP contribution in [0.25, 0.3) is 0 Å². The Morgan fingerprint density at radius 2 is 1.77 bits per heavy atom. The lowest BCUT2D eigenvalue weighted by Crippen LogP contribution is -2.47. The third kappa shape index (κ3) is 7.71. The maximum Gasteiger partial charge on any atom is 0.424 e. The van der Waals surface area contributed by atoms with Gasteiger partial charge in [0.15, 0.2) is 11.6 Å². The first-order valence-electron chi connectivity index (χ1n) is 17.5. The molecule has 2 unspecified atom stereocenters. The van der Waals surface area contributed by atoms with Crippen molar-refractivity contribution < 1.29 is 38.2 Å². The summed E-state index contributed by atoms with van der Waals surface area (Å²) in [5.41, 5.74) is -4.09. The van der Waals surface area contributed by atoms with Gasteiger partial charge in [-0.25, -0.2) is 19.0 Å². The maximum atomic E-state index is 16.2. The molecule has 1 aromatic heterocycles. The number of imide groups is 1. The molecule has 1 saturated carbocycles. The van der Waals surface area contributed by atoms with Crippen molar-refractivity contribution in [2.75, 3.05) is 18.5 Å². The van der Waals surface area contributed by atoms with Gasteiger partial charge in [0.1, 0.15) is 45.7 Å². The van der Waals surface area contributed by atoms with Gasteiger partial charge >= 0.3 is 12.2 Å². The number of aromatic nitrogens is 2. The molecule has 52 heavy (non-hydrogen) atoms. The number of carbonyl (C=O) groups is 3. The highest BCUT2D eigenvalue weighted by molar-refractivity contribution is 6.29. The summed E-state index contributed by atoms with van der Waals surface area (Å²) in [5.74, 6) is -2.40. The van der Waals surface area contributed by atoms with Gasteiger partial charge in [0.25, 0.3) is 0 Å². The van der Waals surface area contributed by atoms with Crippen LogP contribution in [0.4, 0.5) is 19.7 Å². The van der Waals surface area contributed by atoms with Crippen molar-refractivity contribution in [3.8, 4) is 11.9 Å². The summed E-state index contributed by atoms with van der Waals surface area (Å²) in [7, 11) is 2.03. The fourth-order valence-electron chi connectivity index (χ4n) is 7.70. The Balaban J connectivity index is 1.57. The standard InChI is InChI=1S/C37H46ClFN6O7/c1-20(25-12-10-16-44(25)8)50-27-18-26(38)41-32(42-27)29(43-49)22-11-9-14-37(31(22)46)15-13-21-17-24(39)30(23(19-40)28(21)37)45(33(47)51-35(2,3)4)34(48)52-36(5,6)7/h17-18,20,22,25,49H,9-16H2,1-8H3/b43-29-/t20-,22?,25-,37?/m0/s1. The third-order valence-corrected chi connectivity index (χ3v) is 9.96. The average molecular weight is 741 g/mol. The van der Waals surface area contributed by atoms with E-state index in [1.807, 2.05) is 20.0 Å². The number of hydrogen-bond acceptors (Lipinski definition) is 12. The highest BCUT2D eigenvalue weighted by atomic mass is 35.5. The smallest absolute Gasteiger partial charge is 0.424 e. The van der Waals surface area contributed by atoms with Gasteiger partial charge < -0.3 is 19.4 Å². The Kier molecular flexibility index (Phi) is 10.9. The fraction of sp³-hybridized carbons (Fsp3) is 0.595. The molecule has 4 atom stereocenters. The van der Waals surface area contributed by atoms with Gasteiger partial charge in [0.2, 0.25) is 5.88 Å². The molecule has 3 aliphatic rings. The van der Waals surface area contributed by atoms with Crippen LogP contribution < -0.4 is 9.64 Å². The number of anilines is 1. The van der Waals surface area contributed by atoms with Gasteiger partial charge in [-0.05, 0) is 118 Å². The Hall–Kier alpha value is -4.35. The molecule has 5 rings (SSSR count). The minimum atomic E-state index is -1.35. The van der Waals surface area contributed by atoms with Gasteiger partial charge in [-0.1, -0.05) is 23.2 Å². The predicted octanol–water partition coefficient (Wildman–Crippen LogP) is 7.11. The van der Waals surface area contributed by atoms with E-state index in [4.69, 9.17) is 25.8 Å². The topological polar surface area (TPSA) is 168 Å². The number of nitriles is 1. The number of aryl methyl sites for hydroxylation is 1. The Bertz CT molecular complexity index is 1810. The summed E-state index contributed by atoms with van der Waals surface area (Å²) in [6, 6.07) is 4.77. The van der Waals surface area contributed by atoms with Crippen molar-refractivity contribution >= 4 is 41.0 Å². The first-order valence-corrected chi connectivity index (χ1v) is 17.9. The monoisotopic (exact) mass is 740 g/mol. The molecule has 15 heteroatoms. The molecule has 0 radical (unpaired) electrons. The van der Waals surface area contributed by atoms with Crippen molar-refractivity contribution in [2.24, 2.45) is 11.1 Å².